The van der Waals surface area contributed by atoms with Crippen LogP contribution in [-0.4, -0.2) is 33.4 Å². The van der Waals surface area contributed by atoms with E-state index >= 15 is 0 Å². The van der Waals surface area contributed by atoms with Crippen LogP contribution in [0, 0.1) is 6.92 Å². The average Bonchev–Trinajstić information content (AvgIpc) is 2.53. The normalized spacial score (nSPS) is 16.9. The van der Waals surface area contributed by atoms with Crippen LogP contribution in [-0.2, 0) is 13.0 Å². The van der Waals surface area contributed by atoms with E-state index in [-0.39, 0.29) is 0 Å². The van der Waals surface area contributed by atoms with E-state index in [1.54, 1.807) is 0 Å². The van der Waals surface area contributed by atoms with Crippen molar-refractivity contribution in [1.29, 1.82) is 0 Å². The molecule has 0 fully saturated rings. The predicted octanol–water partition coefficient (Wildman–Crippen LogP) is 1.25. The summed E-state index contributed by atoms with van der Waals surface area (Å²) < 4.78 is 0. The van der Waals surface area contributed by atoms with Gasteiger partial charge in [-0.25, -0.2) is 4.98 Å². The third-order valence-corrected chi connectivity index (χ3v) is 2.98. The smallest absolute Gasteiger partial charge is 0.156 e. The molecule has 15 heavy (non-hydrogen) atoms. The first-order chi connectivity index (χ1) is 7.24. The van der Waals surface area contributed by atoms with Crippen molar-refractivity contribution in [2.24, 2.45) is 0 Å². The molecule has 0 aliphatic carbocycles. The van der Waals surface area contributed by atoms with E-state index < -0.39 is 0 Å². The Bertz CT molecular complexity index is 515. The van der Waals surface area contributed by atoms with Crippen molar-refractivity contribution in [2.45, 2.75) is 19.9 Å². The van der Waals surface area contributed by atoms with Crippen LogP contribution < -0.4 is 0 Å². The number of hydrogen-bond acceptors (Lipinski definition) is 3. The average molecular weight is 202 g/mol. The molecule has 1 N–H and O–H groups in total. The number of aryl methyl sites for hydroxylation is 1. The van der Waals surface area contributed by atoms with Crippen molar-refractivity contribution in [1.82, 2.24) is 19.9 Å². The van der Waals surface area contributed by atoms with Crippen LogP contribution in [0.1, 0.15) is 17.0 Å². The molecule has 4 heteroatoms. The molecule has 3 rings (SSSR count). The van der Waals surface area contributed by atoms with E-state index in [9.17, 15) is 0 Å². The van der Waals surface area contributed by atoms with E-state index in [1.807, 2.05) is 13.1 Å². The van der Waals surface area contributed by atoms with Crippen molar-refractivity contribution in [3.05, 3.63) is 23.1 Å². The predicted molar refractivity (Wildman–Crippen MR) is 58.7 cm³/mol. The largest absolute Gasteiger partial charge is 0.340 e. The Morgan fingerprint density at radius 2 is 2.33 bits per heavy atom. The molecular weight excluding hydrogens is 188 g/mol. The van der Waals surface area contributed by atoms with Crippen molar-refractivity contribution in [3.8, 4) is 0 Å². The van der Waals surface area contributed by atoms with E-state index in [2.05, 4.69) is 26.9 Å². The molecular formula is C11H14N4. The minimum absolute atomic E-state index is 0.940. The zero-order valence-electron chi connectivity index (χ0n) is 9.04. The molecule has 0 spiro atoms. The first-order valence-electron chi connectivity index (χ1n) is 5.25. The van der Waals surface area contributed by atoms with Gasteiger partial charge in [0.1, 0.15) is 5.52 Å². The summed E-state index contributed by atoms with van der Waals surface area (Å²) in [6.07, 6.45) is 2.92. The molecule has 0 radical (unpaired) electrons. The summed E-state index contributed by atoms with van der Waals surface area (Å²) in [5.74, 6) is 0. The van der Waals surface area contributed by atoms with Crippen LogP contribution in [0.15, 0.2) is 6.20 Å². The van der Waals surface area contributed by atoms with E-state index in [1.165, 1.54) is 11.3 Å². The lowest BCUT2D eigenvalue weighted by atomic mass is 10.1. The third kappa shape index (κ3) is 1.33. The number of nitrogens with zero attached hydrogens (tertiary/aromatic N) is 3. The van der Waals surface area contributed by atoms with Crippen molar-refractivity contribution < 1.29 is 0 Å². The fourth-order valence-electron chi connectivity index (χ4n) is 2.20. The Hall–Kier alpha value is -1.42. The second kappa shape index (κ2) is 3.03. The number of H-pyrrole nitrogens is 1. The molecule has 2 aromatic heterocycles. The molecule has 2 aromatic rings. The SMILES string of the molecule is Cc1cnc2c3c([nH]c2n1)CN(C)CC3. The zero-order valence-corrected chi connectivity index (χ0v) is 9.04. The van der Waals surface area contributed by atoms with E-state index in [0.29, 0.717) is 0 Å². The summed E-state index contributed by atoms with van der Waals surface area (Å²) in [6.45, 7) is 4.06. The standard InChI is InChI=1S/C11H14N4/c1-7-5-12-10-8-3-4-15(2)6-9(8)14-11(10)13-7/h5H,3-4,6H2,1-2H3,(H,13,14). The lowest BCUT2D eigenvalue weighted by molar-refractivity contribution is 0.310. The molecule has 3 heterocycles. The highest BCUT2D eigenvalue weighted by atomic mass is 15.1. The maximum absolute atomic E-state index is 4.47. The molecule has 0 atom stereocenters. The van der Waals surface area contributed by atoms with Gasteiger partial charge in [0, 0.05) is 30.5 Å². The summed E-state index contributed by atoms with van der Waals surface area (Å²) in [7, 11) is 2.14. The highest BCUT2D eigenvalue weighted by Crippen LogP contribution is 2.24. The van der Waals surface area contributed by atoms with Gasteiger partial charge in [-0.05, 0) is 20.4 Å². The summed E-state index contributed by atoms with van der Waals surface area (Å²) in [6, 6.07) is 0. The van der Waals surface area contributed by atoms with Gasteiger partial charge in [-0.2, -0.15) is 0 Å². The molecule has 0 bridgehead atoms. The number of aromatic amines is 1. The minimum atomic E-state index is 0.940. The monoisotopic (exact) mass is 202 g/mol. The summed E-state index contributed by atoms with van der Waals surface area (Å²) in [5.41, 5.74) is 5.61. The van der Waals surface area contributed by atoms with Gasteiger partial charge in [0.05, 0.1) is 5.69 Å². The lowest BCUT2D eigenvalue weighted by Crippen LogP contribution is -2.26. The quantitative estimate of drug-likeness (QED) is 0.699. The van der Waals surface area contributed by atoms with Gasteiger partial charge in [-0.15, -0.1) is 0 Å². The fourth-order valence-corrected chi connectivity index (χ4v) is 2.20. The van der Waals surface area contributed by atoms with Gasteiger partial charge < -0.3 is 9.88 Å². The molecule has 1 aliphatic heterocycles. The molecule has 0 saturated carbocycles. The number of hydrogen-bond donors (Lipinski definition) is 1. The zero-order chi connectivity index (χ0) is 10.4. The number of aromatic nitrogens is 3. The van der Waals surface area contributed by atoms with Crippen LogP contribution in [0.4, 0.5) is 0 Å². The van der Waals surface area contributed by atoms with Crippen LogP contribution in [0.5, 0.6) is 0 Å². The van der Waals surface area contributed by atoms with Gasteiger partial charge in [0.25, 0.3) is 0 Å². The van der Waals surface area contributed by atoms with Gasteiger partial charge in [-0.3, -0.25) is 4.98 Å². The first kappa shape index (κ1) is 8.85. The second-order valence-electron chi connectivity index (χ2n) is 4.28. The van der Waals surface area contributed by atoms with Crippen LogP contribution in [0.25, 0.3) is 11.2 Å². The molecule has 0 unspecified atom stereocenters. The van der Waals surface area contributed by atoms with Crippen LogP contribution in [0.2, 0.25) is 0 Å². The summed E-state index contributed by atoms with van der Waals surface area (Å²) in [5, 5.41) is 0. The molecule has 4 nitrogen and oxygen atoms in total. The second-order valence-corrected chi connectivity index (χ2v) is 4.28. The lowest BCUT2D eigenvalue weighted by Gasteiger charge is -2.21. The van der Waals surface area contributed by atoms with Gasteiger partial charge in [-0.1, -0.05) is 0 Å². The number of fused-ring (bicyclic) bond motifs is 3. The Kier molecular flexibility index (Phi) is 1.79. The fraction of sp³-hybridized carbons (Fsp3) is 0.455. The first-order valence-corrected chi connectivity index (χ1v) is 5.25. The number of nitrogens with one attached hydrogen (secondary N) is 1. The number of likely N-dealkylation sites (N-methyl/N-ethyl adjacent to an activating group) is 1. The Morgan fingerprint density at radius 1 is 1.47 bits per heavy atom. The van der Waals surface area contributed by atoms with E-state index in [4.69, 9.17) is 0 Å². The van der Waals surface area contributed by atoms with Crippen LogP contribution in [0.3, 0.4) is 0 Å². The Morgan fingerprint density at radius 3 is 3.20 bits per heavy atom. The highest BCUT2D eigenvalue weighted by Gasteiger charge is 2.19. The molecule has 1 aliphatic rings. The molecule has 78 valence electrons. The summed E-state index contributed by atoms with van der Waals surface area (Å²) >= 11 is 0. The van der Waals surface area contributed by atoms with Crippen molar-refractivity contribution in [3.63, 3.8) is 0 Å². The van der Waals surface area contributed by atoms with E-state index in [0.717, 1.165) is 36.4 Å². The summed E-state index contributed by atoms with van der Waals surface area (Å²) in [4.78, 5) is 14.6. The van der Waals surface area contributed by atoms with Crippen molar-refractivity contribution in [2.75, 3.05) is 13.6 Å². The molecule has 0 saturated heterocycles. The topological polar surface area (TPSA) is 44.8 Å². The number of rotatable bonds is 0. The van der Waals surface area contributed by atoms with Gasteiger partial charge in [0.2, 0.25) is 0 Å². The van der Waals surface area contributed by atoms with Crippen molar-refractivity contribution >= 4 is 11.2 Å². The Balaban J connectivity index is 2.23. The molecule has 0 aromatic carbocycles. The highest BCUT2D eigenvalue weighted by molar-refractivity contribution is 5.77. The van der Waals surface area contributed by atoms with Gasteiger partial charge in [0.15, 0.2) is 5.65 Å². The third-order valence-electron chi connectivity index (χ3n) is 2.98. The maximum atomic E-state index is 4.47. The maximum Gasteiger partial charge on any atom is 0.156 e. The minimum Gasteiger partial charge on any atom is -0.340 e. The van der Waals surface area contributed by atoms with Gasteiger partial charge >= 0.3 is 0 Å². The molecule has 0 amide bonds. The Labute approximate surface area is 88.3 Å². The van der Waals surface area contributed by atoms with Crippen LogP contribution >= 0.6 is 0 Å².